The fraction of sp³-hybridized carbons (Fsp3) is 0.391. The molecule has 3 rings (SSSR count). The Morgan fingerprint density at radius 1 is 1.00 bits per heavy atom. The van der Waals surface area contributed by atoms with Crippen LogP contribution in [0.25, 0.3) is 0 Å². The number of benzene rings is 2. The van der Waals surface area contributed by atoms with Crippen LogP contribution in [0.3, 0.4) is 0 Å². The largest absolute Gasteiger partial charge is 0.338 e. The van der Waals surface area contributed by atoms with Crippen molar-refractivity contribution in [2.45, 2.75) is 19.4 Å². The Morgan fingerprint density at radius 2 is 1.77 bits per heavy atom. The summed E-state index contributed by atoms with van der Waals surface area (Å²) in [6, 6.07) is 8.83. The van der Waals surface area contributed by atoms with Crippen LogP contribution in [0.1, 0.15) is 35.3 Å². The van der Waals surface area contributed by atoms with Crippen LogP contribution >= 0.6 is 0 Å². The van der Waals surface area contributed by atoms with Crippen LogP contribution in [-0.4, -0.2) is 66.3 Å². The normalized spacial score (nSPS) is 16.0. The van der Waals surface area contributed by atoms with Crippen LogP contribution in [0.2, 0.25) is 0 Å². The van der Waals surface area contributed by atoms with Crippen LogP contribution in [0.15, 0.2) is 42.5 Å². The zero-order valence-corrected chi connectivity index (χ0v) is 17.7. The number of carbonyl (C=O) groups is 2. The predicted octanol–water partition coefficient (Wildman–Crippen LogP) is 3.47. The highest BCUT2D eigenvalue weighted by molar-refractivity contribution is 5.94. The van der Waals surface area contributed by atoms with Crippen molar-refractivity contribution in [2.75, 3.05) is 39.8 Å². The van der Waals surface area contributed by atoms with E-state index in [0.717, 1.165) is 12.1 Å². The third-order valence-corrected chi connectivity index (χ3v) is 5.71. The molecule has 1 atom stereocenters. The molecule has 1 unspecified atom stereocenters. The van der Waals surface area contributed by atoms with Crippen LogP contribution in [0, 0.1) is 17.5 Å². The highest BCUT2D eigenvalue weighted by atomic mass is 19.2. The summed E-state index contributed by atoms with van der Waals surface area (Å²) < 4.78 is 40.1. The van der Waals surface area contributed by atoms with Crippen molar-refractivity contribution >= 4 is 11.8 Å². The number of amides is 2. The number of halogens is 3. The first kappa shape index (κ1) is 22.8. The number of nitrogens with zero attached hydrogens (tertiary/aromatic N) is 3. The van der Waals surface area contributed by atoms with Gasteiger partial charge in [0.15, 0.2) is 11.6 Å². The van der Waals surface area contributed by atoms with E-state index >= 15 is 0 Å². The Balaban J connectivity index is 1.57. The van der Waals surface area contributed by atoms with E-state index in [1.807, 2.05) is 4.90 Å². The summed E-state index contributed by atoms with van der Waals surface area (Å²) in [5.74, 6) is -2.70. The van der Waals surface area contributed by atoms with Crippen molar-refractivity contribution in [1.29, 1.82) is 0 Å². The fourth-order valence-electron chi connectivity index (χ4n) is 3.65. The summed E-state index contributed by atoms with van der Waals surface area (Å²) in [6.45, 7) is 4.04. The van der Waals surface area contributed by atoms with Crippen molar-refractivity contribution in [3.63, 3.8) is 0 Å². The van der Waals surface area contributed by atoms with Gasteiger partial charge >= 0.3 is 0 Å². The lowest BCUT2D eigenvalue weighted by atomic mass is 10.1. The quantitative estimate of drug-likeness (QED) is 0.725. The molecule has 1 heterocycles. The SMILES string of the molecule is CC(c1ccc(F)c(F)c1)N(C)C(=O)CN1CCCN(C(=O)c2cccc(F)c2)CC1. The van der Waals surface area contributed by atoms with Gasteiger partial charge in [0.2, 0.25) is 5.91 Å². The van der Waals surface area contributed by atoms with Gasteiger partial charge in [-0.2, -0.15) is 0 Å². The Kier molecular flexibility index (Phi) is 7.33. The molecule has 1 fully saturated rings. The van der Waals surface area contributed by atoms with Gasteiger partial charge < -0.3 is 9.80 Å². The lowest BCUT2D eigenvalue weighted by molar-refractivity contribution is -0.133. The first-order valence-corrected chi connectivity index (χ1v) is 10.2. The van der Waals surface area contributed by atoms with Gasteiger partial charge in [-0.15, -0.1) is 0 Å². The predicted molar refractivity (Wildman–Crippen MR) is 111 cm³/mol. The molecular formula is C23H26F3N3O2. The van der Waals surface area contributed by atoms with Crippen molar-refractivity contribution in [3.8, 4) is 0 Å². The zero-order valence-electron chi connectivity index (χ0n) is 17.7. The first-order chi connectivity index (χ1) is 14.8. The molecule has 0 saturated carbocycles. The molecule has 0 N–H and O–H groups in total. The molecule has 0 radical (unpaired) electrons. The molecule has 8 heteroatoms. The van der Waals surface area contributed by atoms with Gasteiger partial charge in [0.25, 0.3) is 5.91 Å². The molecule has 0 spiro atoms. The summed E-state index contributed by atoms with van der Waals surface area (Å²) in [5.41, 5.74) is 0.821. The highest BCUT2D eigenvalue weighted by Gasteiger charge is 2.24. The monoisotopic (exact) mass is 433 g/mol. The van der Waals surface area contributed by atoms with E-state index < -0.39 is 23.5 Å². The van der Waals surface area contributed by atoms with Gasteiger partial charge in [0, 0.05) is 38.8 Å². The molecule has 0 aromatic heterocycles. The molecule has 1 aliphatic rings. The minimum atomic E-state index is -0.944. The van der Waals surface area contributed by atoms with Crippen molar-refractivity contribution in [1.82, 2.24) is 14.7 Å². The number of hydrogen-bond acceptors (Lipinski definition) is 3. The summed E-state index contributed by atoms with van der Waals surface area (Å²) in [6.07, 6.45) is 0.691. The summed E-state index contributed by atoms with van der Waals surface area (Å²) in [4.78, 5) is 30.6. The standard InChI is InChI=1S/C23H26F3N3O2/c1-16(17-7-8-20(25)21(26)14-17)27(2)22(30)15-28-9-4-10-29(12-11-28)23(31)18-5-3-6-19(24)13-18/h3,5-8,13-14,16H,4,9-12,15H2,1-2H3. The highest BCUT2D eigenvalue weighted by Crippen LogP contribution is 2.21. The van der Waals surface area contributed by atoms with Crippen LogP contribution < -0.4 is 0 Å². The Labute approximate surface area is 180 Å². The number of hydrogen-bond donors (Lipinski definition) is 0. The van der Waals surface area contributed by atoms with E-state index in [1.54, 1.807) is 24.9 Å². The maximum atomic E-state index is 13.5. The maximum Gasteiger partial charge on any atom is 0.254 e. The number of rotatable bonds is 5. The summed E-state index contributed by atoms with van der Waals surface area (Å²) in [5, 5.41) is 0. The zero-order chi connectivity index (χ0) is 22.5. The molecule has 2 aromatic carbocycles. The molecule has 2 amide bonds. The second-order valence-corrected chi connectivity index (χ2v) is 7.79. The molecule has 31 heavy (non-hydrogen) atoms. The Morgan fingerprint density at radius 3 is 2.48 bits per heavy atom. The molecular weight excluding hydrogens is 407 g/mol. The average molecular weight is 433 g/mol. The lowest BCUT2D eigenvalue weighted by Crippen LogP contribution is -2.41. The number of carbonyl (C=O) groups excluding carboxylic acids is 2. The van der Waals surface area contributed by atoms with Crippen molar-refractivity contribution < 1.29 is 22.8 Å². The van der Waals surface area contributed by atoms with Gasteiger partial charge in [0.05, 0.1) is 12.6 Å². The molecule has 166 valence electrons. The molecule has 2 aromatic rings. The minimum Gasteiger partial charge on any atom is -0.338 e. The molecule has 5 nitrogen and oxygen atoms in total. The second kappa shape index (κ2) is 9.96. The third kappa shape index (κ3) is 5.64. The van der Waals surface area contributed by atoms with Crippen molar-refractivity contribution in [3.05, 3.63) is 71.0 Å². The Hall–Kier alpha value is -2.87. The van der Waals surface area contributed by atoms with Crippen LogP contribution in [-0.2, 0) is 4.79 Å². The second-order valence-electron chi connectivity index (χ2n) is 7.79. The van der Waals surface area contributed by atoms with Crippen LogP contribution in [0.5, 0.6) is 0 Å². The molecule has 1 saturated heterocycles. The Bertz CT molecular complexity index is 953. The minimum absolute atomic E-state index is 0.151. The fourth-order valence-corrected chi connectivity index (χ4v) is 3.65. The van der Waals surface area contributed by atoms with E-state index in [2.05, 4.69) is 0 Å². The third-order valence-electron chi connectivity index (χ3n) is 5.71. The maximum absolute atomic E-state index is 13.5. The molecule has 0 bridgehead atoms. The van der Waals surface area contributed by atoms with E-state index in [0.29, 0.717) is 43.7 Å². The molecule has 0 aliphatic carbocycles. The van der Waals surface area contributed by atoms with Gasteiger partial charge in [-0.3, -0.25) is 14.5 Å². The van der Waals surface area contributed by atoms with Gasteiger partial charge in [-0.05, 0) is 49.2 Å². The van der Waals surface area contributed by atoms with Crippen LogP contribution in [0.4, 0.5) is 13.2 Å². The van der Waals surface area contributed by atoms with Gasteiger partial charge in [-0.25, -0.2) is 13.2 Å². The van der Waals surface area contributed by atoms with Gasteiger partial charge in [-0.1, -0.05) is 12.1 Å². The van der Waals surface area contributed by atoms with E-state index in [4.69, 9.17) is 0 Å². The summed E-state index contributed by atoms with van der Waals surface area (Å²) >= 11 is 0. The summed E-state index contributed by atoms with van der Waals surface area (Å²) in [7, 11) is 1.63. The molecule has 1 aliphatic heterocycles. The smallest absolute Gasteiger partial charge is 0.254 e. The average Bonchev–Trinajstić information content (AvgIpc) is 2.99. The van der Waals surface area contributed by atoms with E-state index in [9.17, 15) is 22.8 Å². The number of likely N-dealkylation sites (N-methyl/N-ethyl adjacent to an activating group) is 1. The first-order valence-electron chi connectivity index (χ1n) is 10.2. The van der Waals surface area contributed by atoms with Crippen molar-refractivity contribution in [2.24, 2.45) is 0 Å². The van der Waals surface area contributed by atoms with Gasteiger partial charge in [0.1, 0.15) is 5.82 Å². The van der Waals surface area contributed by atoms with E-state index in [-0.39, 0.29) is 18.4 Å². The van der Waals surface area contributed by atoms with E-state index in [1.165, 1.54) is 29.2 Å². The topological polar surface area (TPSA) is 43.9 Å². The lowest BCUT2D eigenvalue weighted by Gasteiger charge is -2.28.